The fraction of sp³-hybridized carbons (Fsp3) is 0.474. The van der Waals surface area contributed by atoms with E-state index in [1.807, 2.05) is 18.7 Å². The van der Waals surface area contributed by atoms with E-state index in [1.165, 1.54) is 23.4 Å². The van der Waals surface area contributed by atoms with Crippen molar-refractivity contribution < 1.29 is 8.42 Å². The Morgan fingerprint density at radius 2 is 1.90 bits per heavy atom. The highest BCUT2D eigenvalue weighted by Gasteiger charge is 2.14. The van der Waals surface area contributed by atoms with Crippen LogP contribution in [0.4, 0.5) is 0 Å². The van der Waals surface area contributed by atoms with E-state index in [-0.39, 0.29) is 34.9 Å². The molecule has 1 aromatic heterocycles. The molecule has 1 heterocycles. The number of hydrogen-bond donors (Lipinski definition) is 3. The molecule has 0 saturated carbocycles. The van der Waals surface area contributed by atoms with Crippen LogP contribution in [-0.2, 0) is 29.9 Å². The maximum absolute atomic E-state index is 11.3. The molecule has 0 aliphatic rings. The summed E-state index contributed by atoms with van der Waals surface area (Å²) < 4.78 is 24.5. The van der Waals surface area contributed by atoms with E-state index in [9.17, 15) is 8.42 Å². The summed E-state index contributed by atoms with van der Waals surface area (Å²) in [5.74, 6) is 0.729. The van der Waals surface area contributed by atoms with E-state index in [1.54, 1.807) is 19.2 Å². The second-order valence-corrected chi connectivity index (χ2v) is 8.52. The summed E-state index contributed by atoms with van der Waals surface area (Å²) >= 11 is 0. The van der Waals surface area contributed by atoms with Gasteiger partial charge in [-0.3, -0.25) is 9.67 Å². The summed E-state index contributed by atoms with van der Waals surface area (Å²) in [6.45, 7) is 6.90. The van der Waals surface area contributed by atoms with Crippen molar-refractivity contribution in [1.29, 1.82) is 0 Å². The fourth-order valence-electron chi connectivity index (χ4n) is 3.07. The van der Waals surface area contributed by atoms with E-state index >= 15 is 0 Å². The Kier molecular flexibility index (Phi) is 9.56. The summed E-state index contributed by atoms with van der Waals surface area (Å²) in [5, 5.41) is 16.3. The number of sulfonamides is 1. The highest BCUT2D eigenvalue weighted by atomic mass is 127. The van der Waals surface area contributed by atoms with Crippen molar-refractivity contribution in [3.8, 4) is 0 Å². The minimum Gasteiger partial charge on any atom is -0.356 e. The third-order valence-electron chi connectivity index (χ3n) is 4.73. The van der Waals surface area contributed by atoms with Crippen molar-refractivity contribution in [2.45, 2.75) is 44.6 Å². The number of halogens is 1. The summed E-state index contributed by atoms with van der Waals surface area (Å²) in [6, 6.07) is 6.79. The van der Waals surface area contributed by atoms with Crippen molar-refractivity contribution in [3.63, 3.8) is 0 Å². The topological polar surface area (TPSA) is 114 Å². The predicted molar refractivity (Wildman–Crippen MR) is 127 cm³/mol. The van der Waals surface area contributed by atoms with Crippen molar-refractivity contribution in [3.05, 3.63) is 46.8 Å². The molecule has 0 saturated heterocycles. The molecule has 29 heavy (non-hydrogen) atoms. The highest BCUT2D eigenvalue weighted by molar-refractivity contribution is 14.0. The number of nitrogens with one attached hydrogen (secondary N) is 2. The number of aliphatic imine (C=N–C) groups is 1. The number of guanidine groups is 1. The third-order valence-corrected chi connectivity index (χ3v) is 5.66. The lowest BCUT2D eigenvalue weighted by Gasteiger charge is -2.18. The van der Waals surface area contributed by atoms with Crippen LogP contribution in [0.25, 0.3) is 0 Å². The van der Waals surface area contributed by atoms with Crippen molar-refractivity contribution in [1.82, 2.24) is 20.4 Å². The molecule has 0 bridgehead atoms. The first-order valence-corrected chi connectivity index (χ1v) is 10.7. The Morgan fingerprint density at radius 3 is 2.38 bits per heavy atom. The fourth-order valence-corrected chi connectivity index (χ4v) is 3.58. The Bertz CT molecular complexity index is 938. The van der Waals surface area contributed by atoms with E-state index in [0.29, 0.717) is 6.54 Å². The number of hydrogen-bond acceptors (Lipinski definition) is 4. The quantitative estimate of drug-likeness (QED) is 0.284. The smallest absolute Gasteiger partial charge is 0.238 e. The first-order valence-electron chi connectivity index (χ1n) is 9.19. The monoisotopic (exact) mass is 534 g/mol. The molecule has 2 aromatic rings. The molecule has 162 valence electrons. The number of nitrogens with zero attached hydrogens (tertiary/aromatic N) is 3. The van der Waals surface area contributed by atoms with Crippen LogP contribution < -0.4 is 15.8 Å². The van der Waals surface area contributed by atoms with Crippen LogP contribution in [0.5, 0.6) is 0 Å². The molecule has 8 nitrogen and oxygen atoms in total. The van der Waals surface area contributed by atoms with Crippen molar-refractivity contribution in [2.24, 2.45) is 17.2 Å². The van der Waals surface area contributed by atoms with E-state index in [4.69, 9.17) is 5.14 Å². The van der Waals surface area contributed by atoms with E-state index in [0.717, 1.165) is 30.1 Å². The third kappa shape index (κ3) is 7.27. The van der Waals surface area contributed by atoms with Crippen LogP contribution >= 0.6 is 24.0 Å². The van der Waals surface area contributed by atoms with Gasteiger partial charge >= 0.3 is 0 Å². The molecule has 1 atom stereocenters. The van der Waals surface area contributed by atoms with Gasteiger partial charge in [0.15, 0.2) is 5.96 Å². The van der Waals surface area contributed by atoms with Crippen LogP contribution in [0.2, 0.25) is 0 Å². The van der Waals surface area contributed by atoms with Crippen LogP contribution in [0.3, 0.4) is 0 Å². The lowest BCUT2D eigenvalue weighted by atomic mass is 10.1. The molecule has 0 radical (unpaired) electrons. The molecule has 0 aliphatic carbocycles. The molecule has 0 fully saturated rings. The molecule has 0 aliphatic heterocycles. The van der Waals surface area contributed by atoms with Gasteiger partial charge in [-0.2, -0.15) is 5.10 Å². The minimum absolute atomic E-state index is 0. The highest BCUT2D eigenvalue weighted by Crippen LogP contribution is 2.14. The Balaban J connectivity index is 0.00000420. The molecule has 10 heteroatoms. The molecule has 0 amide bonds. The van der Waals surface area contributed by atoms with E-state index in [2.05, 4.69) is 34.6 Å². The van der Waals surface area contributed by atoms with Gasteiger partial charge in [-0.25, -0.2) is 13.6 Å². The zero-order valence-corrected chi connectivity index (χ0v) is 20.7. The minimum atomic E-state index is -3.65. The Labute approximate surface area is 190 Å². The van der Waals surface area contributed by atoms with Gasteiger partial charge in [0.1, 0.15) is 0 Å². The number of aromatic nitrogens is 2. The van der Waals surface area contributed by atoms with Gasteiger partial charge in [-0.05, 0) is 56.9 Å². The average molecular weight is 534 g/mol. The van der Waals surface area contributed by atoms with Crippen LogP contribution in [0.1, 0.15) is 29.4 Å². The summed E-state index contributed by atoms with van der Waals surface area (Å²) in [6.07, 6.45) is 1.60. The lowest BCUT2D eigenvalue weighted by Crippen LogP contribution is -2.43. The van der Waals surface area contributed by atoms with Gasteiger partial charge in [-0.15, -0.1) is 24.0 Å². The summed E-state index contributed by atoms with van der Waals surface area (Å²) in [5.41, 5.74) is 4.51. The number of rotatable bonds is 7. The normalized spacial score (nSPS) is 13.0. The zero-order valence-electron chi connectivity index (χ0n) is 17.6. The first-order chi connectivity index (χ1) is 13.1. The summed E-state index contributed by atoms with van der Waals surface area (Å²) in [4.78, 5) is 4.40. The van der Waals surface area contributed by atoms with Crippen LogP contribution in [0.15, 0.2) is 34.2 Å². The average Bonchev–Trinajstić information content (AvgIpc) is 2.86. The maximum atomic E-state index is 11.3. The molecular weight excluding hydrogens is 503 g/mol. The van der Waals surface area contributed by atoms with Gasteiger partial charge in [0, 0.05) is 32.4 Å². The number of primary sulfonamides is 1. The second-order valence-electron chi connectivity index (χ2n) is 6.96. The molecule has 0 spiro atoms. The Morgan fingerprint density at radius 1 is 1.28 bits per heavy atom. The number of benzene rings is 1. The number of nitrogens with two attached hydrogens (primary N) is 1. The van der Waals surface area contributed by atoms with Gasteiger partial charge in [0.05, 0.1) is 10.6 Å². The van der Waals surface area contributed by atoms with Gasteiger partial charge in [-0.1, -0.05) is 12.1 Å². The summed E-state index contributed by atoms with van der Waals surface area (Å²) in [7, 11) is 0.0456. The largest absolute Gasteiger partial charge is 0.356 e. The van der Waals surface area contributed by atoms with Gasteiger partial charge < -0.3 is 10.6 Å². The predicted octanol–water partition coefficient (Wildman–Crippen LogP) is 1.64. The van der Waals surface area contributed by atoms with Crippen LogP contribution in [-0.4, -0.2) is 43.8 Å². The lowest BCUT2D eigenvalue weighted by molar-refractivity contribution is 0.598. The molecule has 4 N–H and O–H groups in total. The molecule has 1 aromatic carbocycles. The molecule has 2 rings (SSSR count). The first kappa shape index (κ1) is 25.4. The SMILES string of the molecule is CN=C(NCCc1ccc(S(N)(=O)=O)cc1)NC(C)Cc1c(C)nn(C)c1C.I. The van der Waals surface area contributed by atoms with Gasteiger partial charge in [0.25, 0.3) is 0 Å². The number of aryl methyl sites for hydroxylation is 2. The van der Waals surface area contributed by atoms with Crippen molar-refractivity contribution in [2.75, 3.05) is 13.6 Å². The standard InChI is InChI=1S/C19H30N6O2S.HI/c1-13(12-18-14(2)24-25(5)15(18)3)23-19(21-4)22-11-10-16-6-8-17(9-7-16)28(20,26)27;/h6-9,13H,10-12H2,1-5H3,(H2,20,26,27)(H2,21,22,23);1H. The maximum Gasteiger partial charge on any atom is 0.238 e. The van der Waals surface area contributed by atoms with Gasteiger partial charge in [0.2, 0.25) is 10.0 Å². The molecule has 1 unspecified atom stereocenters. The van der Waals surface area contributed by atoms with Crippen LogP contribution in [0, 0.1) is 13.8 Å². The zero-order chi connectivity index (χ0) is 20.9. The van der Waals surface area contributed by atoms with E-state index < -0.39 is 10.0 Å². The molecular formula is C19H31IN6O2S. The van der Waals surface area contributed by atoms with Crippen molar-refractivity contribution >= 4 is 40.0 Å². The second kappa shape index (κ2) is 10.9. The Hall–Kier alpha value is -1.66.